The fourth-order valence-corrected chi connectivity index (χ4v) is 2.17. The van der Waals surface area contributed by atoms with Crippen LogP contribution in [-0.2, 0) is 16.1 Å². The summed E-state index contributed by atoms with van der Waals surface area (Å²) in [4.78, 5) is 24.1. The second-order valence-corrected chi connectivity index (χ2v) is 5.43. The van der Waals surface area contributed by atoms with Gasteiger partial charge in [-0.25, -0.2) is 4.79 Å². The molecule has 1 aliphatic carbocycles. The molecule has 1 N–H and O–H groups in total. The summed E-state index contributed by atoms with van der Waals surface area (Å²) in [6.07, 6.45) is 3.81. The standard InChI is InChI=1S/C14H13Cl2NO3/c15-11-4-1-9(7-12(11)16)8-17(10-2-3-10)13(18)5-6-14(19)20/h1,4-7,10H,2-3,8H2,(H,19,20)/b6-5+. The van der Waals surface area contributed by atoms with Gasteiger partial charge in [0.15, 0.2) is 0 Å². The van der Waals surface area contributed by atoms with E-state index in [1.165, 1.54) is 0 Å². The molecule has 1 aliphatic rings. The number of benzene rings is 1. The molecule has 0 aliphatic heterocycles. The molecule has 1 fully saturated rings. The Kier molecular flexibility index (Phi) is 4.68. The van der Waals surface area contributed by atoms with E-state index in [2.05, 4.69) is 0 Å². The quantitative estimate of drug-likeness (QED) is 0.850. The number of hydrogen-bond donors (Lipinski definition) is 1. The predicted octanol–water partition coefficient (Wildman–Crippen LogP) is 3.13. The molecule has 2 rings (SSSR count). The maximum atomic E-state index is 12.0. The summed E-state index contributed by atoms with van der Waals surface area (Å²) in [6.45, 7) is 0.393. The fraction of sp³-hybridized carbons (Fsp3) is 0.286. The van der Waals surface area contributed by atoms with Gasteiger partial charge in [0, 0.05) is 24.7 Å². The number of amides is 1. The van der Waals surface area contributed by atoms with Gasteiger partial charge in [-0.3, -0.25) is 4.79 Å². The molecular formula is C14H13Cl2NO3. The van der Waals surface area contributed by atoms with Gasteiger partial charge >= 0.3 is 5.97 Å². The van der Waals surface area contributed by atoms with Crippen LogP contribution in [-0.4, -0.2) is 27.9 Å². The van der Waals surface area contributed by atoms with Crippen molar-refractivity contribution < 1.29 is 14.7 Å². The van der Waals surface area contributed by atoms with Gasteiger partial charge in [-0.2, -0.15) is 0 Å². The van der Waals surface area contributed by atoms with Gasteiger partial charge < -0.3 is 10.0 Å². The molecule has 0 atom stereocenters. The van der Waals surface area contributed by atoms with Crippen LogP contribution in [0.15, 0.2) is 30.4 Å². The highest BCUT2D eigenvalue weighted by molar-refractivity contribution is 6.42. The van der Waals surface area contributed by atoms with Crippen molar-refractivity contribution in [1.82, 2.24) is 4.90 Å². The lowest BCUT2D eigenvalue weighted by atomic mass is 10.2. The van der Waals surface area contributed by atoms with Crippen molar-refractivity contribution in [2.75, 3.05) is 0 Å². The molecule has 0 heterocycles. The Balaban J connectivity index is 2.11. The van der Waals surface area contributed by atoms with Crippen LogP contribution in [0, 0.1) is 0 Å². The number of hydrogen-bond acceptors (Lipinski definition) is 2. The lowest BCUT2D eigenvalue weighted by molar-refractivity contribution is -0.132. The van der Waals surface area contributed by atoms with E-state index >= 15 is 0 Å². The first-order chi connectivity index (χ1) is 9.47. The van der Waals surface area contributed by atoms with Crippen LogP contribution in [0.5, 0.6) is 0 Å². The highest BCUT2D eigenvalue weighted by Gasteiger charge is 2.31. The summed E-state index contributed by atoms with van der Waals surface area (Å²) >= 11 is 11.8. The second-order valence-electron chi connectivity index (χ2n) is 4.62. The number of carbonyl (C=O) groups excluding carboxylic acids is 1. The third kappa shape index (κ3) is 3.99. The third-order valence-corrected chi connectivity index (χ3v) is 3.72. The average Bonchev–Trinajstić information content (AvgIpc) is 3.21. The zero-order chi connectivity index (χ0) is 14.7. The summed E-state index contributed by atoms with van der Waals surface area (Å²) in [5, 5.41) is 9.47. The smallest absolute Gasteiger partial charge is 0.328 e. The Bertz CT molecular complexity index is 568. The molecular weight excluding hydrogens is 301 g/mol. The molecule has 1 saturated carbocycles. The third-order valence-electron chi connectivity index (χ3n) is 2.98. The van der Waals surface area contributed by atoms with Crippen LogP contribution >= 0.6 is 23.2 Å². The van der Waals surface area contributed by atoms with Gasteiger partial charge in [-0.15, -0.1) is 0 Å². The van der Waals surface area contributed by atoms with E-state index in [1.807, 2.05) is 0 Å². The van der Waals surface area contributed by atoms with Gasteiger partial charge in [-0.1, -0.05) is 29.3 Å². The Hall–Kier alpha value is -1.52. The van der Waals surface area contributed by atoms with Gasteiger partial charge in [0.2, 0.25) is 5.91 Å². The highest BCUT2D eigenvalue weighted by Crippen LogP contribution is 2.30. The largest absolute Gasteiger partial charge is 0.478 e. The van der Waals surface area contributed by atoms with Crippen molar-refractivity contribution in [2.45, 2.75) is 25.4 Å². The lowest BCUT2D eigenvalue weighted by Crippen LogP contribution is -2.31. The van der Waals surface area contributed by atoms with Gasteiger partial charge in [0.25, 0.3) is 0 Å². The highest BCUT2D eigenvalue weighted by atomic mass is 35.5. The Labute approximate surface area is 126 Å². The number of halogens is 2. The normalized spacial score (nSPS) is 14.5. The molecule has 0 spiro atoms. The molecule has 0 radical (unpaired) electrons. The molecule has 1 aromatic carbocycles. The van der Waals surface area contributed by atoms with E-state index in [1.54, 1.807) is 23.1 Å². The van der Waals surface area contributed by atoms with E-state index in [4.69, 9.17) is 28.3 Å². The zero-order valence-corrected chi connectivity index (χ0v) is 12.1. The summed E-state index contributed by atoms with van der Waals surface area (Å²) in [5.41, 5.74) is 0.864. The van der Waals surface area contributed by atoms with Crippen LogP contribution in [0.2, 0.25) is 10.0 Å². The van der Waals surface area contributed by atoms with E-state index in [0.717, 1.165) is 30.6 Å². The fourth-order valence-electron chi connectivity index (χ4n) is 1.85. The number of rotatable bonds is 5. The van der Waals surface area contributed by atoms with Crippen molar-refractivity contribution in [3.8, 4) is 0 Å². The van der Waals surface area contributed by atoms with Crippen molar-refractivity contribution in [3.05, 3.63) is 46.0 Å². The lowest BCUT2D eigenvalue weighted by Gasteiger charge is -2.21. The van der Waals surface area contributed by atoms with Gasteiger partial charge in [0.1, 0.15) is 0 Å². The van der Waals surface area contributed by atoms with Crippen molar-refractivity contribution in [3.63, 3.8) is 0 Å². The second kappa shape index (κ2) is 6.29. The zero-order valence-electron chi connectivity index (χ0n) is 10.6. The minimum Gasteiger partial charge on any atom is -0.478 e. The Morgan fingerprint density at radius 1 is 1.25 bits per heavy atom. The predicted molar refractivity (Wildman–Crippen MR) is 76.8 cm³/mol. The van der Waals surface area contributed by atoms with E-state index < -0.39 is 5.97 Å². The van der Waals surface area contributed by atoms with Crippen LogP contribution < -0.4 is 0 Å². The monoisotopic (exact) mass is 313 g/mol. The number of carbonyl (C=O) groups is 2. The molecule has 20 heavy (non-hydrogen) atoms. The minimum atomic E-state index is -1.14. The summed E-state index contributed by atoms with van der Waals surface area (Å²) in [6, 6.07) is 5.38. The van der Waals surface area contributed by atoms with Crippen LogP contribution in [0.25, 0.3) is 0 Å². The van der Waals surface area contributed by atoms with Crippen LogP contribution in [0.1, 0.15) is 18.4 Å². The molecule has 0 aromatic heterocycles. The van der Waals surface area contributed by atoms with Crippen LogP contribution in [0.4, 0.5) is 0 Å². The topological polar surface area (TPSA) is 57.6 Å². The maximum Gasteiger partial charge on any atom is 0.328 e. The average molecular weight is 314 g/mol. The first-order valence-corrected chi connectivity index (χ1v) is 6.88. The Morgan fingerprint density at radius 3 is 2.50 bits per heavy atom. The molecule has 6 heteroatoms. The molecule has 1 amide bonds. The number of carboxylic acid groups (broad SMARTS) is 1. The molecule has 0 saturated heterocycles. The SMILES string of the molecule is O=C(O)/C=C/C(=O)N(Cc1ccc(Cl)c(Cl)c1)C1CC1. The summed E-state index contributed by atoms with van der Waals surface area (Å²) in [5.74, 6) is -1.44. The van der Waals surface area contributed by atoms with Crippen molar-refractivity contribution in [1.29, 1.82) is 0 Å². The summed E-state index contributed by atoms with van der Waals surface area (Å²) in [7, 11) is 0. The van der Waals surface area contributed by atoms with Crippen molar-refractivity contribution in [2.24, 2.45) is 0 Å². The van der Waals surface area contributed by atoms with E-state index in [-0.39, 0.29) is 11.9 Å². The first kappa shape index (κ1) is 14.9. The van der Waals surface area contributed by atoms with Crippen LogP contribution in [0.3, 0.4) is 0 Å². The molecule has 0 bridgehead atoms. The minimum absolute atomic E-state index is 0.176. The molecule has 0 unspecified atom stereocenters. The number of aliphatic carboxylic acids is 1. The van der Waals surface area contributed by atoms with E-state index in [0.29, 0.717) is 16.6 Å². The molecule has 4 nitrogen and oxygen atoms in total. The van der Waals surface area contributed by atoms with E-state index in [9.17, 15) is 9.59 Å². The number of carboxylic acids is 1. The Morgan fingerprint density at radius 2 is 1.95 bits per heavy atom. The van der Waals surface area contributed by atoms with Gasteiger partial charge in [0.05, 0.1) is 10.0 Å². The maximum absolute atomic E-state index is 12.0. The first-order valence-electron chi connectivity index (χ1n) is 6.13. The molecule has 1 aromatic rings. The summed E-state index contributed by atoms with van der Waals surface area (Å²) < 4.78 is 0. The number of nitrogens with zero attached hydrogens (tertiary/aromatic N) is 1. The van der Waals surface area contributed by atoms with Crippen molar-refractivity contribution >= 4 is 35.1 Å². The van der Waals surface area contributed by atoms with Gasteiger partial charge in [-0.05, 0) is 30.5 Å². The molecule has 106 valence electrons.